The van der Waals surface area contributed by atoms with Crippen LogP contribution >= 0.6 is 0 Å². The van der Waals surface area contributed by atoms with Crippen LogP contribution in [-0.2, 0) is 0 Å². The zero-order valence-electron chi connectivity index (χ0n) is 4.17. The van der Waals surface area contributed by atoms with Crippen LogP contribution in [0.2, 0.25) is 0 Å². The molecule has 0 bridgehead atoms. The summed E-state index contributed by atoms with van der Waals surface area (Å²) in [4.78, 5) is 1.90. The molecular formula is C4H10N2O. The van der Waals surface area contributed by atoms with E-state index in [9.17, 15) is 0 Å². The van der Waals surface area contributed by atoms with Crippen molar-refractivity contribution in [2.45, 2.75) is 6.23 Å². The van der Waals surface area contributed by atoms with Crippen LogP contribution in [0.5, 0.6) is 0 Å². The molecule has 1 aliphatic rings. The van der Waals surface area contributed by atoms with Crippen LogP contribution in [0.4, 0.5) is 0 Å². The molecule has 0 aliphatic carbocycles. The van der Waals surface area contributed by atoms with Gasteiger partial charge >= 0.3 is 0 Å². The van der Waals surface area contributed by atoms with E-state index in [2.05, 4.69) is 0 Å². The molecule has 1 rings (SSSR count). The molecule has 3 heteroatoms. The Morgan fingerprint density at radius 2 is 2.29 bits per heavy atom. The third kappa shape index (κ3) is 1.12. The lowest BCUT2D eigenvalue weighted by Gasteiger charge is -2.04. The second-order valence-corrected chi connectivity index (χ2v) is 1.75. The summed E-state index contributed by atoms with van der Waals surface area (Å²) in [6.45, 7) is 2.39. The highest BCUT2D eigenvalue weighted by Gasteiger charge is 2.23. The summed E-state index contributed by atoms with van der Waals surface area (Å²) < 4.78 is 0. The smallest absolute Gasteiger partial charge is 0.119 e. The van der Waals surface area contributed by atoms with Gasteiger partial charge in [-0.25, -0.2) is 0 Å². The zero-order chi connectivity index (χ0) is 5.28. The monoisotopic (exact) mass is 102 g/mol. The predicted molar refractivity (Wildman–Crippen MR) is 26.6 cm³/mol. The van der Waals surface area contributed by atoms with E-state index in [1.165, 1.54) is 0 Å². The minimum absolute atomic E-state index is 0.361. The summed E-state index contributed by atoms with van der Waals surface area (Å²) in [6, 6.07) is 0. The van der Waals surface area contributed by atoms with Crippen molar-refractivity contribution in [1.29, 1.82) is 0 Å². The van der Waals surface area contributed by atoms with Crippen molar-refractivity contribution in [2.75, 3.05) is 19.6 Å². The highest BCUT2D eigenvalue weighted by atomic mass is 16.3. The second-order valence-electron chi connectivity index (χ2n) is 1.75. The minimum atomic E-state index is -0.375. The maximum Gasteiger partial charge on any atom is 0.119 e. The van der Waals surface area contributed by atoms with Crippen LogP contribution in [-0.4, -0.2) is 35.9 Å². The number of aliphatic hydroxyl groups excluding tert-OH is 1. The van der Waals surface area contributed by atoms with Crippen LogP contribution < -0.4 is 5.73 Å². The van der Waals surface area contributed by atoms with Gasteiger partial charge in [-0.1, -0.05) is 0 Å². The fourth-order valence-corrected chi connectivity index (χ4v) is 0.505. The molecule has 0 aromatic rings. The van der Waals surface area contributed by atoms with E-state index in [-0.39, 0.29) is 6.23 Å². The molecule has 1 atom stereocenters. The number of nitrogens with two attached hydrogens (primary N) is 1. The molecule has 3 nitrogen and oxygen atoms in total. The molecule has 0 spiro atoms. The van der Waals surface area contributed by atoms with Gasteiger partial charge in [0.2, 0.25) is 0 Å². The topological polar surface area (TPSA) is 49.3 Å². The van der Waals surface area contributed by atoms with E-state index in [1.54, 1.807) is 0 Å². The average molecular weight is 102 g/mol. The lowest BCUT2D eigenvalue weighted by Crippen LogP contribution is -2.27. The Kier molecular flexibility index (Phi) is 1.27. The molecule has 0 radical (unpaired) electrons. The zero-order valence-corrected chi connectivity index (χ0v) is 4.17. The van der Waals surface area contributed by atoms with Crippen LogP contribution in [0.3, 0.4) is 0 Å². The lowest BCUT2D eigenvalue weighted by atomic mass is 10.6. The normalized spacial score (nSPS) is 24.9. The van der Waals surface area contributed by atoms with E-state index in [0.29, 0.717) is 6.54 Å². The van der Waals surface area contributed by atoms with Gasteiger partial charge in [-0.15, -0.1) is 0 Å². The summed E-state index contributed by atoms with van der Waals surface area (Å²) in [6.07, 6.45) is -0.375. The van der Waals surface area contributed by atoms with Gasteiger partial charge in [0.25, 0.3) is 0 Å². The average Bonchev–Trinajstić information content (AvgIpc) is 2.44. The van der Waals surface area contributed by atoms with Crippen LogP contribution in [0.25, 0.3) is 0 Å². The van der Waals surface area contributed by atoms with Crippen LogP contribution in [0.15, 0.2) is 0 Å². The van der Waals surface area contributed by atoms with E-state index in [1.807, 2.05) is 4.90 Å². The van der Waals surface area contributed by atoms with Gasteiger partial charge in [0.05, 0.1) is 0 Å². The molecule has 1 heterocycles. The number of nitrogens with zero attached hydrogens (tertiary/aromatic N) is 1. The van der Waals surface area contributed by atoms with Gasteiger partial charge in [-0.2, -0.15) is 0 Å². The largest absolute Gasteiger partial charge is 0.377 e. The van der Waals surface area contributed by atoms with Gasteiger partial charge in [0, 0.05) is 19.6 Å². The summed E-state index contributed by atoms with van der Waals surface area (Å²) in [7, 11) is 0. The quantitative estimate of drug-likeness (QED) is 0.421. The fourth-order valence-electron chi connectivity index (χ4n) is 0.505. The number of hydrogen-bond donors (Lipinski definition) is 2. The van der Waals surface area contributed by atoms with E-state index < -0.39 is 0 Å². The Hall–Kier alpha value is -0.120. The molecule has 0 aromatic heterocycles. The molecule has 3 N–H and O–H groups in total. The fraction of sp³-hybridized carbons (Fsp3) is 1.00. The van der Waals surface area contributed by atoms with Crippen molar-refractivity contribution in [3.8, 4) is 0 Å². The summed E-state index contributed by atoms with van der Waals surface area (Å²) in [5.74, 6) is 0. The second kappa shape index (κ2) is 1.78. The highest BCUT2D eigenvalue weighted by Crippen LogP contribution is 2.05. The summed E-state index contributed by atoms with van der Waals surface area (Å²) in [5, 5.41) is 8.80. The Morgan fingerprint density at radius 3 is 2.43 bits per heavy atom. The van der Waals surface area contributed by atoms with Crippen molar-refractivity contribution in [2.24, 2.45) is 5.73 Å². The number of rotatable bonds is 2. The third-order valence-corrected chi connectivity index (χ3v) is 1.11. The minimum Gasteiger partial charge on any atom is -0.377 e. The summed E-state index contributed by atoms with van der Waals surface area (Å²) >= 11 is 0. The Morgan fingerprint density at radius 1 is 1.71 bits per heavy atom. The van der Waals surface area contributed by atoms with Crippen molar-refractivity contribution in [1.82, 2.24) is 4.90 Å². The van der Waals surface area contributed by atoms with Gasteiger partial charge < -0.3 is 10.8 Å². The van der Waals surface area contributed by atoms with E-state index in [4.69, 9.17) is 10.8 Å². The number of aliphatic hydroxyl groups is 1. The molecule has 1 aliphatic heterocycles. The van der Waals surface area contributed by atoms with E-state index in [0.717, 1.165) is 13.1 Å². The predicted octanol–water partition coefficient (Wildman–Crippen LogP) is -1.42. The first-order valence-electron chi connectivity index (χ1n) is 2.47. The maximum absolute atomic E-state index is 8.80. The Bertz CT molecular complexity index is 62.7. The molecule has 1 saturated heterocycles. The van der Waals surface area contributed by atoms with Gasteiger partial charge in [-0.3, -0.25) is 4.90 Å². The molecular weight excluding hydrogens is 92.1 g/mol. The third-order valence-electron chi connectivity index (χ3n) is 1.11. The van der Waals surface area contributed by atoms with Crippen molar-refractivity contribution < 1.29 is 5.11 Å². The molecule has 0 aromatic carbocycles. The molecule has 0 saturated carbocycles. The Balaban J connectivity index is 2.10. The lowest BCUT2D eigenvalue weighted by molar-refractivity contribution is 0.0890. The molecule has 1 fully saturated rings. The molecule has 0 amide bonds. The standard InChI is InChI=1S/C4H10N2O/c5-3-4(7)6-1-2-6/h4,7H,1-3,5H2. The molecule has 1 unspecified atom stereocenters. The first kappa shape index (κ1) is 5.03. The van der Waals surface area contributed by atoms with Crippen molar-refractivity contribution >= 4 is 0 Å². The first-order valence-corrected chi connectivity index (χ1v) is 2.47. The van der Waals surface area contributed by atoms with Gasteiger partial charge in [-0.05, 0) is 0 Å². The van der Waals surface area contributed by atoms with Crippen molar-refractivity contribution in [3.63, 3.8) is 0 Å². The van der Waals surface area contributed by atoms with Crippen LogP contribution in [0, 0.1) is 0 Å². The number of hydrogen-bond acceptors (Lipinski definition) is 3. The first-order chi connectivity index (χ1) is 3.34. The Labute approximate surface area is 42.7 Å². The van der Waals surface area contributed by atoms with Crippen molar-refractivity contribution in [3.05, 3.63) is 0 Å². The van der Waals surface area contributed by atoms with Gasteiger partial charge in [0.15, 0.2) is 0 Å². The molecule has 7 heavy (non-hydrogen) atoms. The summed E-state index contributed by atoms with van der Waals surface area (Å²) in [5.41, 5.74) is 5.12. The van der Waals surface area contributed by atoms with Crippen LogP contribution in [0.1, 0.15) is 0 Å². The van der Waals surface area contributed by atoms with E-state index >= 15 is 0 Å². The SMILES string of the molecule is NCC(O)N1CC1. The maximum atomic E-state index is 8.80. The highest BCUT2D eigenvalue weighted by molar-refractivity contribution is 4.75. The van der Waals surface area contributed by atoms with Gasteiger partial charge in [0.1, 0.15) is 6.23 Å². The molecule has 42 valence electrons.